The van der Waals surface area contributed by atoms with Crippen molar-refractivity contribution in [2.24, 2.45) is 35.0 Å². The molecular weight excluding hydrogens is 348 g/mol. The highest BCUT2D eigenvalue weighted by molar-refractivity contribution is 5.85. The maximum absolute atomic E-state index is 13.1. The molecule has 2 amide bonds. The van der Waals surface area contributed by atoms with Gasteiger partial charge in [-0.05, 0) is 68.6 Å². The van der Waals surface area contributed by atoms with E-state index in [4.69, 9.17) is 0 Å². The van der Waals surface area contributed by atoms with Crippen molar-refractivity contribution < 1.29 is 9.59 Å². The molecule has 3 atom stereocenters. The maximum Gasteiger partial charge on any atom is 0.228 e. The SMILES string of the molecule is CC1CCC(C)C(C2CCC(C(=O)N3CCN(C(=O)C4(C)CC4)CC3)CC2)C1. The minimum Gasteiger partial charge on any atom is -0.339 e. The molecule has 4 fully saturated rings. The predicted molar refractivity (Wildman–Crippen MR) is 112 cm³/mol. The Hall–Kier alpha value is -1.06. The van der Waals surface area contributed by atoms with E-state index in [1.807, 2.05) is 4.90 Å². The molecule has 4 aliphatic rings. The van der Waals surface area contributed by atoms with Crippen molar-refractivity contribution in [1.82, 2.24) is 9.80 Å². The first-order chi connectivity index (χ1) is 13.4. The number of amides is 2. The van der Waals surface area contributed by atoms with E-state index < -0.39 is 0 Å². The Balaban J connectivity index is 1.24. The van der Waals surface area contributed by atoms with Crippen molar-refractivity contribution in [3.05, 3.63) is 0 Å². The Kier molecular flexibility index (Phi) is 5.77. The van der Waals surface area contributed by atoms with Gasteiger partial charge in [-0.3, -0.25) is 9.59 Å². The van der Waals surface area contributed by atoms with Crippen molar-refractivity contribution in [2.45, 2.75) is 78.6 Å². The van der Waals surface area contributed by atoms with Crippen LogP contribution in [0.3, 0.4) is 0 Å². The fourth-order valence-corrected chi connectivity index (χ4v) is 6.20. The summed E-state index contributed by atoms with van der Waals surface area (Å²) >= 11 is 0. The second-order valence-electron chi connectivity index (χ2n) is 10.8. The molecule has 28 heavy (non-hydrogen) atoms. The fourth-order valence-electron chi connectivity index (χ4n) is 6.20. The first-order valence-electron chi connectivity index (χ1n) is 12.0. The van der Waals surface area contributed by atoms with Crippen LogP contribution in [0.4, 0.5) is 0 Å². The van der Waals surface area contributed by atoms with E-state index in [-0.39, 0.29) is 11.3 Å². The molecule has 158 valence electrons. The molecule has 0 aromatic heterocycles. The number of rotatable bonds is 3. The maximum atomic E-state index is 13.1. The van der Waals surface area contributed by atoms with Gasteiger partial charge in [-0.1, -0.05) is 33.6 Å². The molecule has 4 rings (SSSR count). The first-order valence-corrected chi connectivity index (χ1v) is 12.0. The molecule has 0 bridgehead atoms. The van der Waals surface area contributed by atoms with Gasteiger partial charge in [0.1, 0.15) is 0 Å². The highest BCUT2D eigenvalue weighted by Crippen LogP contribution is 2.47. The van der Waals surface area contributed by atoms with Crippen LogP contribution < -0.4 is 0 Å². The van der Waals surface area contributed by atoms with Gasteiger partial charge in [-0.2, -0.15) is 0 Å². The highest BCUT2D eigenvalue weighted by Gasteiger charge is 2.47. The lowest BCUT2D eigenvalue weighted by atomic mass is 9.65. The van der Waals surface area contributed by atoms with Crippen molar-refractivity contribution in [3.63, 3.8) is 0 Å². The molecule has 4 nitrogen and oxygen atoms in total. The minimum absolute atomic E-state index is 0.0850. The standard InChI is InChI=1S/C24H40N2O2/c1-17-4-5-18(2)21(16-17)19-6-8-20(9-7-19)22(27)25-12-14-26(15-13-25)23(28)24(3)10-11-24/h17-21H,4-16H2,1-3H3. The van der Waals surface area contributed by atoms with Crippen molar-refractivity contribution in [2.75, 3.05) is 26.2 Å². The predicted octanol–water partition coefficient (Wildman–Crippen LogP) is 4.34. The van der Waals surface area contributed by atoms with Crippen LogP contribution in [0.2, 0.25) is 0 Å². The molecule has 1 heterocycles. The molecule has 0 aromatic carbocycles. The van der Waals surface area contributed by atoms with Crippen LogP contribution in [0.1, 0.15) is 78.6 Å². The second kappa shape index (κ2) is 7.99. The average Bonchev–Trinajstić information content (AvgIpc) is 3.47. The molecule has 0 radical (unpaired) electrons. The lowest BCUT2D eigenvalue weighted by Crippen LogP contribution is -2.53. The monoisotopic (exact) mass is 388 g/mol. The zero-order valence-electron chi connectivity index (χ0n) is 18.3. The third-order valence-corrected chi connectivity index (χ3v) is 8.64. The number of carbonyl (C=O) groups excluding carboxylic acids is 2. The summed E-state index contributed by atoms with van der Waals surface area (Å²) < 4.78 is 0. The van der Waals surface area contributed by atoms with Gasteiger partial charge in [-0.25, -0.2) is 0 Å². The molecule has 3 saturated carbocycles. The number of hydrogen-bond donors (Lipinski definition) is 0. The van der Waals surface area contributed by atoms with E-state index in [9.17, 15) is 9.59 Å². The molecule has 3 unspecified atom stereocenters. The van der Waals surface area contributed by atoms with Gasteiger partial charge >= 0.3 is 0 Å². The van der Waals surface area contributed by atoms with Gasteiger partial charge in [0.2, 0.25) is 11.8 Å². The van der Waals surface area contributed by atoms with Crippen LogP contribution in [0.25, 0.3) is 0 Å². The Bertz CT molecular complexity index is 583. The van der Waals surface area contributed by atoms with Crippen LogP contribution in [-0.2, 0) is 9.59 Å². The molecule has 4 heteroatoms. The summed E-state index contributed by atoms with van der Waals surface area (Å²) in [6.07, 6.45) is 10.9. The zero-order valence-corrected chi connectivity index (χ0v) is 18.3. The highest BCUT2D eigenvalue weighted by atomic mass is 16.2. The van der Waals surface area contributed by atoms with Crippen LogP contribution >= 0.6 is 0 Å². The van der Waals surface area contributed by atoms with E-state index in [1.54, 1.807) is 0 Å². The molecule has 1 saturated heterocycles. The smallest absolute Gasteiger partial charge is 0.228 e. The topological polar surface area (TPSA) is 40.6 Å². The summed E-state index contributed by atoms with van der Waals surface area (Å²) in [7, 11) is 0. The lowest BCUT2D eigenvalue weighted by molar-refractivity contribution is -0.145. The van der Waals surface area contributed by atoms with Crippen molar-refractivity contribution >= 4 is 11.8 Å². The van der Waals surface area contributed by atoms with Gasteiger partial charge in [0.25, 0.3) is 0 Å². The Morgan fingerprint density at radius 2 is 1.43 bits per heavy atom. The molecule has 0 spiro atoms. The van der Waals surface area contributed by atoms with Crippen molar-refractivity contribution in [1.29, 1.82) is 0 Å². The van der Waals surface area contributed by atoms with E-state index >= 15 is 0 Å². The molecule has 3 aliphatic carbocycles. The fraction of sp³-hybridized carbons (Fsp3) is 0.917. The number of nitrogens with zero attached hydrogens (tertiary/aromatic N) is 2. The third kappa shape index (κ3) is 4.11. The molecule has 1 aliphatic heterocycles. The first kappa shape index (κ1) is 20.2. The number of piperazine rings is 1. The van der Waals surface area contributed by atoms with Gasteiger partial charge in [0, 0.05) is 37.5 Å². The van der Waals surface area contributed by atoms with Crippen molar-refractivity contribution in [3.8, 4) is 0 Å². The van der Waals surface area contributed by atoms with E-state index in [0.29, 0.717) is 11.8 Å². The largest absolute Gasteiger partial charge is 0.339 e. The average molecular weight is 389 g/mol. The van der Waals surface area contributed by atoms with Crippen LogP contribution in [-0.4, -0.2) is 47.8 Å². The Labute approximate surface area is 171 Å². The Morgan fingerprint density at radius 3 is 2.04 bits per heavy atom. The molecular formula is C24H40N2O2. The van der Waals surface area contributed by atoms with Crippen LogP contribution in [0.15, 0.2) is 0 Å². The van der Waals surface area contributed by atoms with Crippen LogP contribution in [0, 0.1) is 35.0 Å². The summed E-state index contributed by atoms with van der Waals surface area (Å²) in [6, 6.07) is 0. The van der Waals surface area contributed by atoms with E-state index in [0.717, 1.165) is 75.5 Å². The molecule has 0 N–H and O–H groups in total. The number of carbonyl (C=O) groups is 2. The summed E-state index contributed by atoms with van der Waals surface area (Å²) in [5.41, 5.74) is -0.0850. The van der Waals surface area contributed by atoms with Gasteiger partial charge in [0.15, 0.2) is 0 Å². The van der Waals surface area contributed by atoms with Crippen LogP contribution in [0.5, 0.6) is 0 Å². The van der Waals surface area contributed by atoms with E-state index in [1.165, 1.54) is 32.1 Å². The third-order valence-electron chi connectivity index (χ3n) is 8.64. The summed E-state index contributed by atoms with van der Waals surface area (Å²) in [4.78, 5) is 29.6. The van der Waals surface area contributed by atoms with Gasteiger partial charge in [-0.15, -0.1) is 0 Å². The summed E-state index contributed by atoms with van der Waals surface area (Å²) in [5, 5.41) is 0. The normalized spacial score (nSPS) is 38.2. The zero-order chi connectivity index (χ0) is 19.9. The summed E-state index contributed by atoms with van der Waals surface area (Å²) in [6.45, 7) is 9.88. The quantitative estimate of drug-likeness (QED) is 0.722. The Morgan fingerprint density at radius 1 is 0.821 bits per heavy atom. The lowest BCUT2D eigenvalue weighted by Gasteiger charge is -2.42. The van der Waals surface area contributed by atoms with Gasteiger partial charge < -0.3 is 9.80 Å². The molecule has 0 aromatic rings. The number of hydrogen-bond acceptors (Lipinski definition) is 2. The van der Waals surface area contributed by atoms with Gasteiger partial charge in [0.05, 0.1) is 0 Å². The van der Waals surface area contributed by atoms with E-state index in [2.05, 4.69) is 25.7 Å². The second-order valence-corrected chi connectivity index (χ2v) is 10.8. The summed E-state index contributed by atoms with van der Waals surface area (Å²) in [5.74, 6) is 4.40. The minimum atomic E-state index is -0.0850.